The van der Waals surface area contributed by atoms with Crippen molar-refractivity contribution in [2.24, 2.45) is 0 Å². The lowest BCUT2D eigenvalue weighted by Crippen LogP contribution is -2.27. The quantitative estimate of drug-likeness (QED) is 0.800. The van der Waals surface area contributed by atoms with Crippen LogP contribution in [-0.4, -0.2) is 30.6 Å². The molecule has 0 aromatic heterocycles. The number of carbonyl (C=O) groups is 2. The maximum absolute atomic E-state index is 12.0. The Hall–Kier alpha value is -2.82. The SMILES string of the molecule is COc1ccc2cccc(CCNC(=O)/C(C)=C(\C)C(=O)O)c2c1. The fourth-order valence-corrected chi connectivity index (χ4v) is 2.44. The normalized spacial score (nSPS) is 11.8. The van der Waals surface area contributed by atoms with Crippen LogP contribution in [0.3, 0.4) is 0 Å². The summed E-state index contributed by atoms with van der Waals surface area (Å²) in [4.78, 5) is 22.9. The van der Waals surface area contributed by atoms with Crippen LogP contribution in [0.5, 0.6) is 5.75 Å². The molecule has 0 spiro atoms. The molecule has 2 rings (SSSR count). The summed E-state index contributed by atoms with van der Waals surface area (Å²) in [7, 11) is 1.63. The molecule has 2 aromatic rings. The highest BCUT2D eigenvalue weighted by molar-refractivity contribution is 6.01. The summed E-state index contributed by atoms with van der Waals surface area (Å²) in [5.41, 5.74) is 1.38. The standard InChI is InChI=1S/C19H21NO4/c1-12(13(2)19(22)23)18(21)20-10-9-15-6-4-5-14-7-8-16(24-3)11-17(14)15/h4-8,11H,9-10H2,1-3H3,(H,20,21)(H,22,23)/b13-12+. The smallest absolute Gasteiger partial charge is 0.331 e. The van der Waals surface area contributed by atoms with E-state index in [-0.39, 0.29) is 17.1 Å². The van der Waals surface area contributed by atoms with Crippen LogP contribution < -0.4 is 10.1 Å². The number of carbonyl (C=O) groups excluding carboxylic acids is 1. The molecule has 0 aliphatic carbocycles. The van der Waals surface area contributed by atoms with Crippen molar-refractivity contribution in [2.45, 2.75) is 20.3 Å². The van der Waals surface area contributed by atoms with Crippen molar-refractivity contribution in [3.8, 4) is 5.75 Å². The van der Waals surface area contributed by atoms with Gasteiger partial charge in [-0.15, -0.1) is 0 Å². The van der Waals surface area contributed by atoms with E-state index in [2.05, 4.69) is 5.32 Å². The van der Waals surface area contributed by atoms with Crippen LogP contribution in [0.1, 0.15) is 19.4 Å². The second-order valence-electron chi connectivity index (χ2n) is 5.57. The van der Waals surface area contributed by atoms with Crippen molar-refractivity contribution in [3.05, 3.63) is 53.1 Å². The van der Waals surface area contributed by atoms with E-state index in [9.17, 15) is 9.59 Å². The third kappa shape index (κ3) is 3.93. The van der Waals surface area contributed by atoms with Crippen LogP contribution in [0.15, 0.2) is 47.5 Å². The number of aliphatic carboxylic acids is 1. The zero-order valence-electron chi connectivity index (χ0n) is 14.1. The number of benzene rings is 2. The number of fused-ring (bicyclic) bond motifs is 1. The lowest BCUT2D eigenvalue weighted by atomic mass is 10.0. The molecule has 0 unspecified atom stereocenters. The molecule has 126 valence electrons. The molecule has 2 aromatic carbocycles. The van der Waals surface area contributed by atoms with E-state index in [1.165, 1.54) is 13.8 Å². The zero-order chi connectivity index (χ0) is 17.7. The minimum atomic E-state index is -1.08. The molecule has 5 nitrogen and oxygen atoms in total. The average molecular weight is 327 g/mol. The summed E-state index contributed by atoms with van der Waals surface area (Å²) in [5.74, 6) is -0.647. The largest absolute Gasteiger partial charge is 0.497 e. The van der Waals surface area contributed by atoms with Crippen LogP contribution in [0.2, 0.25) is 0 Å². The second kappa shape index (κ2) is 7.64. The summed E-state index contributed by atoms with van der Waals surface area (Å²) in [5, 5.41) is 13.9. The molecule has 0 saturated heterocycles. The number of hydrogen-bond donors (Lipinski definition) is 2. The molecular formula is C19H21NO4. The van der Waals surface area contributed by atoms with Crippen LogP contribution >= 0.6 is 0 Å². The molecule has 0 aliphatic rings. The fourth-order valence-electron chi connectivity index (χ4n) is 2.44. The molecule has 1 amide bonds. The number of rotatable bonds is 6. The van der Waals surface area contributed by atoms with Crippen molar-refractivity contribution in [1.29, 1.82) is 0 Å². The Labute approximate surface area is 140 Å². The lowest BCUT2D eigenvalue weighted by Gasteiger charge is -2.10. The van der Waals surface area contributed by atoms with Gasteiger partial charge < -0.3 is 15.2 Å². The first-order valence-electron chi connectivity index (χ1n) is 7.68. The lowest BCUT2D eigenvalue weighted by molar-refractivity contribution is -0.133. The summed E-state index contributed by atoms with van der Waals surface area (Å²) in [6.45, 7) is 3.37. The van der Waals surface area contributed by atoms with Gasteiger partial charge in [0, 0.05) is 17.7 Å². The molecule has 0 heterocycles. The van der Waals surface area contributed by atoms with Crippen molar-refractivity contribution < 1.29 is 19.4 Å². The number of hydrogen-bond acceptors (Lipinski definition) is 3. The molecule has 0 radical (unpaired) electrons. The third-order valence-corrected chi connectivity index (χ3v) is 4.08. The van der Waals surface area contributed by atoms with Crippen LogP contribution in [0, 0.1) is 0 Å². The topological polar surface area (TPSA) is 75.6 Å². The number of nitrogens with one attached hydrogen (secondary N) is 1. The Kier molecular flexibility index (Phi) is 5.58. The van der Waals surface area contributed by atoms with Gasteiger partial charge in [-0.3, -0.25) is 4.79 Å². The summed E-state index contributed by atoms with van der Waals surface area (Å²) in [6, 6.07) is 11.9. The zero-order valence-corrected chi connectivity index (χ0v) is 14.1. The van der Waals surface area contributed by atoms with Gasteiger partial charge in [-0.1, -0.05) is 24.3 Å². The van der Waals surface area contributed by atoms with Gasteiger partial charge in [-0.25, -0.2) is 4.79 Å². The van der Waals surface area contributed by atoms with Crippen molar-refractivity contribution in [1.82, 2.24) is 5.32 Å². The average Bonchev–Trinajstić information content (AvgIpc) is 2.59. The third-order valence-electron chi connectivity index (χ3n) is 4.08. The van der Waals surface area contributed by atoms with Gasteiger partial charge in [0.05, 0.1) is 7.11 Å². The van der Waals surface area contributed by atoms with E-state index in [0.29, 0.717) is 13.0 Å². The number of ether oxygens (including phenoxy) is 1. The Bertz CT molecular complexity index is 808. The highest BCUT2D eigenvalue weighted by Gasteiger charge is 2.12. The first-order chi connectivity index (χ1) is 11.4. The summed E-state index contributed by atoms with van der Waals surface area (Å²) < 4.78 is 5.27. The van der Waals surface area contributed by atoms with E-state index in [0.717, 1.165) is 22.1 Å². The molecule has 2 N–H and O–H groups in total. The molecule has 5 heteroatoms. The minimum Gasteiger partial charge on any atom is -0.497 e. The van der Waals surface area contributed by atoms with Crippen molar-refractivity contribution in [2.75, 3.05) is 13.7 Å². The molecule has 0 aliphatic heterocycles. The van der Waals surface area contributed by atoms with Gasteiger partial charge in [0.25, 0.3) is 0 Å². The molecule has 0 atom stereocenters. The molecule has 0 saturated carbocycles. The maximum Gasteiger partial charge on any atom is 0.331 e. The van der Waals surface area contributed by atoms with Crippen LogP contribution in [0.4, 0.5) is 0 Å². The van der Waals surface area contributed by atoms with Gasteiger partial charge >= 0.3 is 5.97 Å². The second-order valence-corrected chi connectivity index (χ2v) is 5.57. The number of methoxy groups -OCH3 is 1. The van der Waals surface area contributed by atoms with Crippen molar-refractivity contribution in [3.63, 3.8) is 0 Å². The molecule has 0 bridgehead atoms. The van der Waals surface area contributed by atoms with Crippen LogP contribution in [-0.2, 0) is 16.0 Å². The highest BCUT2D eigenvalue weighted by atomic mass is 16.5. The van der Waals surface area contributed by atoms with E-state index >= 15 is 0 Å². The number of carboxylic acid groups (broad SMARTS) is 1. The van der Waals surface area contributed by atoms with Gasteiger partial charge in [0.15, 0.2) is 0 Å². The molecular weight excluding hydrogens is 306 g/mol. The van der Waals surface area contributed by atoms with Gasteiger partial charge in [-0.2, -0.15) is 0 Å². The predicted octanol–water partition coefficient (Wildman–Crippen LogP) is 2.93. The maximum atomic E-state index is 12.0. The summed E-state index contributed by atoms with van der Waals surface area (Å²) >= 11 is 0. The van der Waals surface area contributed by atoms with E-state index < -0.39 is 5.97 Å². The molecule has 0 fully saturated rings. The van der Waals surface area contributed by atoms with Crippen LogP contribution in [0.25, 0.3) is 10.8 Å². The fraction of sp³-hybridized carbons (Fsp3) is 0.263. The first kappa shape index (κ1) is 17.5. The number of carboxylic acids is 1. The summed E-state index contributed by atoms with van der Waals surface area (Å²) in [6.07, 6.45) is 0.648. The van der Waals surface area contributed by atoms with E-state index in [4.69, 9.17) is 9.84 Å². The molecule has 24 heavy (non-hydrogen) atoms. The van der Waals surface area contributed by atoms with E-state index in [1.54, 1.807) is 7.11 Å². The highest BCUT2D eigenvalue weighted by Crippen LogP contribution is 2.24. The van der Waals surface area contributed by atoms with Crippen molar-refractivity contribution >= 4 is 22.6 Å². The monoisotopic (exact) mass is 327 g/mol. The Morgan fingerprint density at radius 3 is 2.54 bits per heavy atom. The van der Waals surface area contributed by atoms with Gasteiger partial charge in [-0.05, 0) is 48.7 Å². The first-order valence-corrected chi connectivity index (χ1v) is 7.68. The van der Waals surface area contributed by atoms with Gasteiger partial charge in [0.1, 0.15) is 5.75 Å². The number of amides is 1. The van der Waals surface area contributed by atoms with Gasteiger partial charge in [0.2, 0.25) is 5.91 Å². The minimum absolute atomic E-state index is 0.0578. The Balaban J connectivity index is 2.10. The predicted molar refractivity (Wildman–Crippen MR) is 93.2 cm³/mol. The Morgan fingerprint density at radius 2 is 1.88 bits per heavy atom. The van der Waals surface area contributed by atoms with E-state index in [1.807, 2.05) is 36.4 Å². The Morgan fingerprint density at radius 1 is 1.12 bits per heavy atom.